The van der Waals surface area contributed by atoms with E-state index in [4.69, 9.17) is 4.74 Å². The third-order valence-corrected chi connectivity index (χ3v) is 4.26. The van der Waals surface area contributed by atoms with Gasteiger partial charge in [0, 0.05) is 17.1 Å². The highest BCUT2D eigenvalue weighted by molar-refractivity contribution is 7.85. The third kappa shape index (κ3) is 6.53. The molecule has 1 rings (SSSR count). The first-order valence-corrected chi connectivity index (χ1v) is 8.06. The van der Waals surface area contributed by atoms with Crippen molar-refractivity contribution in [2.24, 2.45) is 0 Å². The largest absolute Gasteiger partial charge is 0.466 e. The van der Waals surface area contributed by atoms with Crippen LogP contribution in [0.5, 0.6) is 0 Å². The van der Waals surface area contributed by atoms with Gasteiger partial charge in [-0.2, -0.15) is 0 Å². The van der Waals surface area contributed by atoms with Gasteiger partial charge >= 0.3 is 5.97 Å². The minimum absolute atomic E-state index is 0.137. The van der Waals surface area contributed by atoms with Crippen LogP contribution in [0.2, 0.25) is 0 Å². The molecule has 0 aliphatic carbocycles. The average Bonchev–Trinajstić information content (AvgIpc) is 2.39. The first-order valence-electron chi connectivity index (χ1n) is 6.74. The highest BCUT2D eigenvalue weighted by Crippen LogP contribution is 2.11. The summed E-state index contributed by atoms with van der Waals surface area (Å²) in [5.41, 5.74) is 1.18. The van der Waals surface area contributed by atoms with Crippen LogP contribution >= 0.6 is 0 Å². The van der Waals surface area contributed by atoms with E-state index in [9.17, 15) is 9.00 Å². The van der Waals surface area contributed by atoms with Crippen LogP contribution < -0.4 is 0 Å². The molecule has 0 fully saturated rings. The van der Waals surface area contributed by atoms with Gasteiger partial charge in [0.2, 0.25) is 0 Å². The van der Waals surface area contributed by atoms with E-state index in [0.717, 1.165) is 24.2 Å². The zero-order valence-corrected chi connectivity index (χ0v) is 12.5. The average molecular weight is 282 g/mol. The number of esters is 1. The van der Waals surface area contributed by atoms with Crippen LogP contribution in [-0.2, 0) is 20.3 Å². The zero-order valence-electron chi connectivity index (χ0n) is 11.7. The quantitative estimate of drug-likeness (QED) is 0.543. The molecule has 19 heavy (non-hydrogen) atoms. The molecular weight excluding hydrogens is 260 g/mol. The molecule has 0 radical (unpaired) electrons. The fourth-order valence-corrected chi connectivity index (χ4v) is 2.86. The highest BCUT2D eigenvalue weighted by atomic mass is 32.2. The zero-order chi connectivity index (χ0) is 14.1. The molecule has 1 aromatic carbocycles. The topological polar surface area (TPSA) is 43.4 Å². The Bertz CT molecular complexity index is 412. The number of aryl methyl sites for hydroxylation is 1. The molecule has 3 nitrogen and oxygen atoms in total. The summed E-state index contributed by atoms with van der Waals surface area (Å²) in [5.74, 6) is 0.522. The number of rotatable bonds is 8. The molecule has 1 unspecified atom stereocenters. The van der Waals surface area contributed by atoms with Gasteiger partial charge in [0.1, 0.15) is 0 Å². The molecule has 1 atom stereocenters. The molecule has 106 valence electrons. The van der Waals surface area contributed by atoms with E-state index in [1.165, 1.54) is 5.56 Å². The Hall–Kier alpha value is -1.16. The Kier molecular flexibility index (Phi) is 7.41. The van der Waals surface area contributed by atoms with Crippen molar-refractivity contribution in [3.8, 4) is 0 Å². The molecule has 0 bridgehead atoms. The molecule has 0 heterocycles. The monoisotopic (exact) mass is 282 g/mol. The van der Waals surface area contributed by atoms with Crippen LogP contribution in [0.25, 0.3) is 0 Å². The summed E-state index contributed by atoms with van der Waals surface area (Å²) in [5, 5.41) is 0. The van der Waals surface area contributed by atoms with Crippen molar-refractivity contribution >= 4 is 16.8 Å². The predicted molar refractivity (Wildman–Crippen MR) is 77.6 cm³/mol. The number of ether oxygens (including phenoxy) is 1. The maximum atomic E-state index is 12.0. The van der Waals surface area contributed by atoms with E-state index in [2.05, 4.69) is 0 Å². The van der Waals surface area contributed by atoms with Crippen molar-refractivity contribution in [3.63, 3.8) is 0 Å². The van der Waals surface area contributed by atoms with Crippen LogP contribution in [0, 0.1) is 6.92 Å². The Balaban J connectivity index is 2.17. The summed E-state index contributed by atoms with van der Waals surface area (Å²) >= 11 is 0. The summed E-state index contributed by atoms with van der Waals surface area (Å²) in [6.45, 7) is 4.26. The molecule has 0 aromatic heterocycles. The van der Waals surface area contributed by atoms with Crippen LogP contribution in [0.1, 0.15) is 38.2 Å². The van der Waals surface area contributed by atoms with Gasteiger partial charge in [-0.3, -0.25) is 9.00 Å². The molecule has 0 amide bonds. The number of hydrogen-bond donors (Lipinski definition) is 0. The van der Waals surface area contributed by atoms with E-state index in [1.807, 2.05) is 38.1 Å². The van der Waals surface area contributed by atoms with Gasteiger partial charge in [-0.25, -0.2) is 0 Å². The van der Waals surface area contributed by atoms with Crippen LogP contribution in [0.4, 0.5) is 0 Å². The predicted octanol–water partition coefficient (Wildman–Crippen LogP) is 3.23. The second kappa shape index (κ2) is 8.86. The van der Waals surface area contributed by atoms with E-state index in [0.29, 0.717) is 18.8 Å². The van der Waals surface area contributed by atoms with E-state index in [1.54, 1.807) is 0 Å². The molecule has 0 N–H and O–H groups in total. The van der Waals surface area contributed by atoms with Gasteiger partial charge in [-0.15, -0.1) is 0 Å². The smallest absolute Gasteiger partial charge is 0.305 e. The number of hydrogen-bond acceptors (Lipinski definition) is 3. The van der Waals surface area contributed by atoms with E-state index in [-0.39, 0.29) is 5.97 Å². The minimum atomic E-state index is -0.925. The molecule has 1 aromatic rings. The van der Waals surface area contributed by atoms with E-state index >= 15 is 0 Å². The van der Waals surface area contributed by atoms with Gasteiger partial charge in [0.15, 0.2) is 0 Å². The Labute approximate surface area is 117 Å². The lowest BCUT2D eigenvalue weighted by Gasteiger charge is -2.03. The Morgan fingerprint density at radius 1 is 1.16 bits per heavy atom. The third-order valence-electron chi connectivity index (χ3n) is 2.80. The van der Waals surface area contributed by atoms with Crippen LogP contribution in [-0.4, -0.2) is 22.5 Å². The molecule has 0 aliphatic heterocycles. The van der Waals surface area contributed by atoms with Gasteiger partial charge in [-0.05, 0) is 38.8 Å². The van der Waals surface area contributed by atoms with Gasteiger partial charge in [-0.1, -0.05) is 24.1 Å². The summed E-state index contributed by atoms with van der Waals surface area (Å²) in [6.07, 6.45) is 3.06. The van der Waals surface area contributed by atoms with Crippen molar-refractivity contribution in [1.29, 1.82) is 0 Å². The maximum Gasteiger partial charge on any atom is 0.305 e. The summed E-state index contributed by atoms with van der Waals surface area (Å²) in [7, 11) is -0.925. The molecule has 0 aliphatic rings. The fourth-order valence-electron chi connectivity index (χ4n) is 1.72. The standard InChI is InChI=1S/C15H22O3S/c1-3-18-15(16)7-5-4-6-12-19(17)14-10-8-13(2)9-11-14/h8-11H,3-7,12H2,1-2H3. The van der Waals surface area contributed by atoms with Crippen LogP contribution in [0.15, 0.2) is 29.2 Å². The van der Waals surface area contributed by atoms with Crippen molar-refractivity contribution in [2.75, 3.05) is 12.4 Å². The maximum absolute atomic E-state index is 12.0. The molecule has 0 saturated carbocycles. The van der Waals surface area contributed by atoms with Crippen molar-refractivity contribution in [1.82, 2.24) is 0 Å². The Morgan fingerprint density at radius 2 is 1.84 bits per heavy atom. The first-order chi connectivity index (χ1) is 9.13. The second-order valence-electron chi connectivity index (χ2n) is 4.48. The summed E-state index contributed by atoms with van der Waals surface area (Å²) in [4.78, 5) is 12.0. The molecule has 0 spiro atoms. The number of carbonyl (C=O) groups is 1. The van der Waals surface area contributed by atoms with Crippen molar-refractivity contribution < 1.29 is 13.7 Å². The summed E-state index contributed by atoms with van der Waals surface area (Å²) < 4.78 is 16.8. The highest BCUT2D eigenvalue weighted by Gasteiger charge is 2.04. The lowest BCUT2D eigenvalue weighted by Crippen LogP contribution is -2.04. The number of benzene rings is 1. The summed E-state index contributed by atoms with van der Waals surface area (Å²) in [6, 6.07) is 7.80. The minimum Gasteiger partial charge on any atom is -0.466 e. The molecule has 4 heteroatoms. The Morgan fingerprint density at radius 3 is 2.47 bits per heavy atom. The lowest BCUT2D eigenvalue weighted by atomic mass is 10.2. The normalized spacial score (nSPS) is 12.1. The van der Waals surface area contributed by atoms with Crippen molar-refractivity contribution in [2.45, 2.75) is 44.4 Å². The fraction of sp³-hybridized carbons (Fsp3) is 0.533. The van der Waals surface area contributed by atoms with Gasteiger partial charge in [0.25, 0.3) is 0 Å². The second-order valence-corrected chi connectivity index (χ2v) is 6.05. The SMILES string of the molecule is CCOC(=O)CCCCCS(=O)c1ccc(C)cc1. The van der Waals surface area contributed by atoms with E-state index < -0.39 is 10.8 Å². The lowest BCUT2D eigenvalue weighted by molar-refractivity contribution is -0.143. The van der Waals surface area contributed by atoms with Crippen LogP contribution in [0.3, 0.4) is 0 Å². The number of carbonyl (C=O) groups excluding carboxylic acids is 1. The van der Waals surface area contributed by atoms with Gasteiger partial charge < -0.3 is 4.74 Å². The van der Waals surface area contributed by atoms with Gasteiger partial charge in [0.05, 0.1) is 17.4 Å². The molecular formula is C15H22O3S. The number of unbranched alkanes of at least 4 members (excludes halogenated alkanes) is 2. The van der Waals surface area contributed by atoms with Crippen molar-refractivity contribution in [3.05, 3.63) is 29.8 Å². The molecule has 0 saturated heterocycles. The first kappa shape index (κ1) is 15.9.